The molecule has 2 rings (SSSR count). The largest absolute Gasteiger partial charge is 0.343 e. The van der Waals surface area contributed by atoms with E-state index in [1.54, 1.807) is 31.0 Å². The van der Waals surface area contributed by atoms with Crippen molar-refractivity contribution >= 4 is 5.91 Å². The average molecular weight is 287 g/mol. The van der Waals surface area contributed by atoms with Gasteiger partial charge in [0.1, 0.15) is 0 Å². The molecule has 2 aromatic rings. The van der Waals surface area contributed by atoms with Crippen LogP contribution < -0.4 is 5.32 Å². The second-order valence-corrected chi connectivity index (χ2v) is 5.07. The van der Waals surface area contributed by atoms with Gasteiger partial charge in [-0.15, -0.1) is 0 Å². The first-order valence-corrected chi connectivity index (χ1v) is 7.00. The monoisotopic (exact) mass is 287 g/mol. The van der Waals surface area contributed by atoms with Gasteiger partial charge in [-0.3, -0.25) is 4.79 Å². The lowest BCUT2D eigenvalue weighted by atomic mass is 10.1. The van der Waals surface area contributed by atoms with Crippen LogP contribution in [0.15, 0.2) is 30.6 Å². The molecule has 0 radical (unpaired) electrons. The molecule has 0 saturated heterocycles. The van der Waals surface area contributed by atoms with Gasteiger partial charge < -0.3 is 10.2 Å². The fourth-order valence-corrected chi connectivity index (χ4v) is 2.01. The van der Waals surface area contributed by atoms with Crippen LogP contribution in [-0.2, 0) is 0 Å². The second kappa shape index (κ2) is 6.49. The van der Waals surface area contributed by atoms with Gasteiger partial charge in [0.05, 0.1) is 0 Å². The lowest BCUT2D eigenvalue weighted by Gasteiger charge is -2.12. The molecule has 21 heavy (non-hydrogen) atoms. The summed E-state index contributed by atoms with van der Waals surface area (Å²) in [5, 5.41) is 7.60. The van der Waals surface area contributed by atoms with E-state index in [0.29, 0.717) is 11.5 Å². The van der Waals surface area contributed by atoms with Gasteiger partial charge in [-0.25, -0.2) is 9.67 Å². The Balaban J connectivity index is 2.18. The van der Waals surface area contributed by atoms with E-state index in [9.17, 15) is 4.79 Å². The minimum absolute atomic E-state index is 0.119. The van der Waals surface area contributed by atoms with Crippen LogP contribution in [0.5, 0.6) is 0 Å². The number of amides is 1. The summed E-state index contributed by atoms with van der Waals surface area (Å²) >= 11 is 0. The summed E-state index contributed by atoms with van der Waals surface area (Å²) in [7, 11) is 3.41. The van der Waals surface area contributed by atoms with Crippen molar-refractivity contribution < 1.29 is 4.79 Å². The van der Waals surface area contributed by atoms with Crippen LogP contribution in [0.1, 0.15) is 35.9 Å². The maximum atomic E-state index is 11.8. The summed E-state index contributed by atoms with van der Waals surface area (Å²) in [6.45, 7) is 5.09. The highest BCUT2D eigenvalue weighted by atomic mass is 16.2. The summed E-state index contributed by atoms with van der Waals surface area (Å²) in [5.41, 5.74) is 1.53. The lowest BCUT2D eigenvalue weighted by Crippen LogP contribution is -2.22. The molecule has 0 bridgehead atoms. The van der Waals surface area contributed by atoms with E-state index in [0.717, 1.165) is 12.1 Å². The van der Waals surface area contributed by atoms with Gasteiger partial charge in [0.25, 0.3) is 5.91 Å². The minimum Gasteiger partial charge on any atom is -0.343 e. The van der Waals surface area contributed by atoms with Gasteiger partial charge in [-0.1, -0.05) is 13.0 Å². The van der Waals surface area contributed by atoms with E-state index in [1.165, 1.54) is 4.90 Å². The first kappa shape index (κ1) is 15.2. The second-order valence-electron chi connectivity index (χ2n) is 5.07. The van der Waals surface area contributed by atoms with E-state index in [-0.39, 0.29) is 11.9 Å². The molecule has 0 saturated carbocycles. The third-order valence-electron chi connectivity index (χ3n) is 3.23. The number of carbonyl (C=O) groups excluding carboxylic acids is 1. The van der Waals surface area contributed by atoms with Crippen molar-refractivity contribution in [2.75, 3.05) is 20.6 Å². The predicted octanol–water partition coefficient (Wildman–Crippen LogP) is 1.64. The Morgan fingerprint density at radius 2 is 2.14 bits per heavy atom. The molecular weight excluding hydrogens is 266 g/mol. The van der Waals surface area contributed by atoms with Crippen molar-refractivity contribution in [2.45, 2.75) is 19.9 Å². The first-order chi connectivity index (χ1) is 10.0. The van der Waals surface area contributed by atoms with Crippen molar-refractivity contribution in [1.29, 1.82) is 0 Å². The summed E-state index contributed by atoms with van der Waals surface area (Å²) in [4.78, 5) is 17.7. The summed E-state index contributed by atoms with van der Waals surface area (Å²) in [5.74, 6) is 0.575. The lowest BCUT2D eigenvalue weighted by molar-refractivity contribution is 0.0821. The number of rotatable bonds is 5. The Morgan fingerprint density at radius 3 is 2.71 bits per heavy atom. The normalized spacial score (nSPS) is 12.2. The molecule has 112 valence electrons. The van der Waals surface area contributed by atoms with Crippen LogP contribution in [0.2, 0.25) is 0 Å². The Kier molecular flexibility index (Phi) is 4.70. The third kappa shape index (κ3) is 3.46. The predicted molar refractivity (Wildman–Crippen MR) is 81.5 cm³/mol. The van der Waals surface area contributed by atoms with E-state index in [1.807, 2.05) is 18.3 Å². The fourth-order valence-electron chi connectivity index (χ4n) is 2.01. The SMILES string of the molecule is CCNC(C)c1ccc(-n2ccc(C(=O)N(C)C)n2)nc1. The Labute approximate surface area is 124 Å². The highest BCUT2D eigenvalue weighted by Gasteiger charge is 2.12. The molecule has 1 amide bonds. The molecule has 0 aliphatic carbocycles. The van der Waals surface area contributed by atoms with Crippen LogP contribution in [-0.4, -0.2) is 46.2 Å². The average Bonchev–Trinajstić information content (AvgIpc) is 2.96. The van der Waals surface area contributed by atoms with E-state index < -0.39 is 0 Å². The Hall–Kier alpha value is -2.21. The molecule has 2 heterocycles. The van der Waals surface area contributed by atoms with Gasteiger partial charge in [-0.2, -0.15) is 5.10 Å². The highest BCUT2D eigenvalue weighted by molar-refractivity contribution is 5.91. The van der Waals surface area contributed by atoms with Crippen molar-refractivity contribution in [3.63, 3.8) is 0 Å². The topological polar surface area (TPSA) is 63.1 Å². The molecule has 1 atom stereocenters. The molecule has 1 N–H and O–H groups in total. The zero-order valence-corrected chi connectivity index (χ0v) is 12.9. The van der Waals surface area contributed by atoms with Crippen LogP contribution in [0.25, 0.3) is 5.82 Å². The van der Waals surface area contributed by atoms with Crippen molar-refractivity contribution in [1.82, 2.24) is 25.0 Å². The highest BCUT2D eigenvalue weighted by Crippen LogP contribution is 2.13. The maximum Gasteiger partial charge on any atom is 0.273 e. The van der Waals surface area contributed by atoms with Crippen LogP contribution in [0.4, 0.5) is 0 Å². The molecule has 0 aliphatic heterocycles. The number of nitrogens with zero attached hydrogens (tertiary/aromatic N) is 4. The van der Waals surface area contributed by atoms with Gasteiger partial charge in [0, 0.05) is 32.5 Å². The van der Waals surface area contributed by atoms with Gasteiger partial charge in [0.15, 0.2) is 11.5 Å². The molecule has 0 spiro atoms. The van der Waals surface area contributed by atoms with Crippen molar-refractivity contribution in [3.05, 3.63) is 41.9 Å². The van der Waals surface area contributed by atoms with E-state index in [4.69, 9.17) is 0 Å². The summed E-state index contributed by atoms with van der Waals surface area (Å²) in [6, 6.07) is 5.88. The number of pyridine rings is 1. The Bertz CT molecular complexity index is 603. The van der Waals surface area contributed by atoms with Crippen molar-refractivity contribution in [3.8, 4) is 5.82 Å². The van der Waals surface area contributed by atoms with Crippen LogP contribution >= 0.6 is 0 Å². The van der Waals surface area contributed by atoms with Gasteiger partial charge >= 0.3 is 0 Å². The van der Waals surface area contributed by atoms with E-state index in [2.05, 4.69) is 29.2 Å². The molecular formula is C15H21N5O. The first-order valence-electron chi connectivity index (χ1n) is 7.00. The van der Waals surface area contributed by atoms with Gasteiger partial charge in [0.2, 0.25) is 0 Å². The zero-order chi connectivity index (χ0) is 15.4. The zero-order valence-electron chi connectivity index (χ0n) is 12.9. The summed E-state index contributed by atoms with van der Waals surface area (Å²) in [6.07, 6.45) is 3.57. The smallest absolute Gasteiger partial charge is 0.273 e. The fraction of sp³-hybridized carbons (Fsp3) is 0.400. The molecule has 2 aromatic heterocycles. The molecule has 0 aromatic carbocycles. The standard InChI is InChI=1S/C15H21N5O/c1-5-16-11(2)12-6-7-14(17-10-12)20-9-8-13(18-20)15(21)19(3)4/h6-11,16H,5H2,1-4H3. The van der Waals surface area contributed by atoms with E-state index >= 15 is 0 Å². The molecule has 0 fully saturated rings. The number of hydrogen-bond donors (Lipinski definition) is 1. The van der Waals surface area contributed by atoms with Crippen molar-refractivity contribution in [2.24, 2.45) is 0 Å². The van der Waals surface area contributed by atoms with Crippen LogP contribution in [0, 0.1) is 0 Å². The number of nitrogens with one attached hydrogen (secondary N) is 1. The summed E-state index contributed by atoms with van der Waals surface area (Å²) < 4.78 is 1.61. The Morgan fingerprint density at radius 1 is 1.38 bits per heavy atom. The molecule has 6 heteroatoms. The minimum atomic E-state index is -0.119. The number of hydrogen-bond acceptors (Lipinski definition) is 4. The number of carbonyl (C=O) groups is 1. The maximum absolute atomic E-state index is 11.8. The third-order valence-corrected chi connectivity index (χ3v) is 3.23. The number of aromatic nitrogens is 3. The molecule has 6 nitrogen and oxygen atoms in total. The molecule has 1 unspecified atom stereocenters. The van der Waals surface area contributed by atoms with Crippen LogP contribution in [0.3, 0.4) is 0 Å². The van der Waals surface area contributed by atoms with Gasteiger partial charge in [-0.05, 0) is 31.2 Å². The quantitative estimate of drug-likeness (QED) is 0.908. The molecule has 0 aliphatic rings.